The van der Waals surface area contributed by atoms with E-state index in [4.69, 9.17) is 0 Å². The maximum absolute atomic E-state index is 11.3. The summed E-state index contributed by atoms with van der Waals surface area (Å²) in [6.45, 7) is 1.68. The van der Waals surface area contributed by atoms with Crippen molar-refractivity contribution in [1.82, 2.24) is 0 Å². The van der Waals surface area contributed by atoms with Gasteiger partial charge in [-0.1, -0.05) is 28.1 Å². The van der Waals surface area contributed by atoms with Crippen molar-refractivity contribution in [2.75, 3.05) is 0 Å². The predicted molar refractivity (Wildman–Crippen MR) is 55.9 cm³/mol. The molecule has 0 aromatic heterocycles. The van der Waals surface area contributed by atoms with E-state index in [1.165, 1.54) is 11.1 Å². The van der Waals surface area contributed by atoms with Crippen LogP contribution in [0.3, 0.4) is 0 Å². The van der Waals surface area contributed by atoms with Crippen LogP contribution in [0, 0.1) is 0 Å². The highest BCUT2D eigenvalue weighted by atomic mass is 79.9. The largest absolute Gasteiger partial charge is 0.299 e. The summed E-state index contributed by atoms with van der Waals surface area (Å²) in [7, 11) is 0. The number of hydrogen-bond donors (Lipinski definition) is 0. The van der Waals surface area contributed by atoms with Crippen molar-refractivity contribution in [3.8, 4) is 0 Å². The van der Waals surface area contributed by atoms with Gasteiger partial charge in [-0.15, -0.1) is 0 Å². The highest BCUT2D eigenvalue weighted by Crippen LogP contribution is 2.37. The van der Waals surface area contributed by atoms with Crippen LogP contribution in [-0.2, 0) is 11.2 Å². The third kappa shape index (κ3) is 1.44. The molecule has 2 rings (SSSR count). The highest BCUT2D eigenvalue weighted by Gasteiger charge is 2.26. The van der Waals surface area contributed by atoms with Crippen molar-refractivity contribution >= 4 is 21.7 Å². The SMILES string of the molecule is CC(=O)C1CCc2c(Br)cccc21. The lowest BCUT2D eigenvalue weighted by molar-refractivity contribution is -0.118. The Kier molecular flexibility index (Phi) is 2.24. The van der Waals surface area contributed by atoms with Gasteiger partial charge in [0.1, 0.15) is 5.78 Å². The molecule has 1 aromatic carbocycles. The molecule has 0 saturated carbocycles. The normalized spacial score (nSPS) is 20.0. The van der Waals surface area contributed by atoms with Gasteiger partial charge in [-0.05, 0) is 37.0 Å². The average Bonchev–Trinajstić information content (AvgIpc) is 2.48. The fourth-order valence-electron chi connectivity index (χ4n) is 2.03. The van der Waals surface area contributed by atoms with E-state index in [1.807, 2.05) is 12.1 Å². The summed E-state index contributed by atoms with van der Waals surface area (Å²) in [6.07, 6.45) is 2.01. The topological polar surface area (TPSA) is 17.1 Å². The van der Waals surface area contributed by atoms with Crippen LogP contribution in [0.25, 0.3) is 0 Å². The summed E-state index contributed by atoms with van der Waals surface area (Å²) in [5.74, 6) is 0.435. The first-order valence-corrected chi connectivity index (χ1v) is 5.27. The van der Waals surface area contributed by atoms with Gasteiger partial charge in [0, 0.05) is 10.4 Å². The zero-order valence-corrected chi connectivity index (χ0v) is 9.10. The minimum Gasteiger partial charge on any atom is -0.299 e. The smallest absolute Gasteiger partial charge is 0.137 e. The molecule has 0 amide bonds. The molecule has 0 N–H and O–H groups in total. The lowest BCUT2D eigenvalue weighted by Crippen LogP contribution is -2.04. The Morgan fingerprint density at radius 3 is 3.00 bits per heavy atom. The molecule has 0 bridgehead atoms. The molecule has 0 spiro atoms. The van der Waals surface area contributed by atoms with Crippen molar-refractivity contribution < 1.29 is 4.79 Å². The molecule has 0 fully saturated rings. The predicted octanol–water partition coefficient (Wildman–Crippen LogP) is 3.07. The van der Waals surface area contributed by atoms with Gasteiger partial charge in [-0.3, -0.25) is 4.79 Å². The zero-order chi connectivity index (χ0) is 9.42. The number of benzene rings is 1. The van der Waals surface area contributed by atoms with Crippen LogP contribution in [0.2, 0.25) is 0 Å². The molecule has 0 saturated heterocycles. The van der Waals surface area contributed by atoms with Crippen LogP contribution in [0.1, 0.15) is 30.4 Å². The van der Waals surface area contributed by atoms with Crippen molar-refractivity contribution in [1.29, 1.82) is 0 Å². The number of hydrogen-bond acceptors (Lipinski definition) is 1. The van der Waals surface area contributed by atoms with Gasteiger partial charge in [0.25, 0.3) is 0 Å². The van der Waals surface area contributed by atoms with Crippen LogP contribution in [0.5, 0.6) is 0 Å². The molecule has 0 radical (unpaired) electrons. The maximum Gasteiger partial charge on any atom is 0.137 e. The molecule has 0 aliphatic heterocycles. The summed E-state index contributed by atoms with van der Waals surface area (Å²) in [4.78, 5) is 11.3. The van der Waals surface area contributed by atoms with Gasteiger partial charge < -0.3 is 0 Å². The summed E-state index contributed by atoms with van der Waals surface area (Å²) in [6, 6.07) is 6.12. The minimum absolute atomic E-state index is 0.146. The number of halogens is 1. The van der Waals surface area contributed by atoms with Gasteiger partial charge in [0.15, 0.2) is 0 Å². The van der Waals surface area contributed by atoms with E-state index < -0.39 is 0 Å². The molecule has 1 aliphatic rings. The van der Waals surface area contributed by atoms with Crippen LogP contribution >= 0.6 is 15.9 Å². The van der Waals surface area contributed by atoms with Crippen molar-refractivity contribution in [3.05, 3.63) is 33.8 Å². The molecule has 1 unspecified atom stereocenters. The Hall–Kier alpha value is -0.630. The summed E-state index contributed by atoms with van der Waals surface area (Å²) >= 11 is 3.51. The fraction of sp³-hybridized carbons (Fsp3) is 0.364. The average molecular weight is 239 g/mol. The van der Waals surface area contributed by atoms with Gasteiger partial charge in [0.05, 0.1) is 0 Å². The fourth-order valence-corrected chi connectivity index (χ4v) is 2.61. The molecule has 0 heterocycles. The number of ketones is 1. The first-order valence-electron chi connectivity index (χ1n) is 4.48. The van der Waals surface area contributed by atoms with E-state index in [1.54, 1.807) is 6.92 Å². The first-order chi connectivity index (χ1) is 6.20. The molecule has 13 heavy (non-hydrogen) atoms. The van der Waals surface area contributed by atoms with Gasteiger partial charge in [-0.25, -0.2) is 0 Å². The second-order valence-electron chi connectivity index (χ2n) is 3.51. The number of carbonyl (C=O) groups excluding carboxylic acids is 1. The van der Waals surface area contributed by atoms with Crippen LogP contribution in [-0.4, -0.2) is 5.78 Å². The quantitative estimate of drug-likeness (QED) is 0.736. The lowest BCUT2D eigenvalue weighted by atomic mass is 9.98. The van der Waals surface area contributed by atoms with Crippen LogP contribution in [0.15, 0.2) is 22.7 Å². The molecular formula is C11H11BrO. The first kappa shape index (κ1) is 8.95. The number of fused-ring (bicyclic) bond motifs is 1. The van der Waals surface area contributed by atoms with E-state index in [0.717, 1.165) is 17.3 Å². The second-order valence-corrected chi connectivity index (χ2v) is 4.36. The summed E-state index contributed by atoms with van der Waals surface area (Å²) in [5.41, 5.74) is 2.55. The minimum atomic E-state index is 0.146. The monoisotopic (exact) mass is 238 g/mol. The van der Waals surface area contributed by atoms with Crippen molar-refractivity contribution in [2.24, 2.45) is 0 Å². The molecule has 1 atom stereocenters. The van der Waals surface area contributed by atoms with Crippen LogP contribution in [0.4, 0.5) is 0 Å². The maximum atomic E-state index is 11.3. The zero-order valence-electron chi connectivity index (χ0n) is 7.51. The van der Waals surface area contributed by atoms with Gasteiger partial charge >= 0.3 is 0 Å². The number of Topliss-reactive ketones (excluding diaryl/α,β-unsaturated/α-hetero) is 1. The number of rotatable bonds is 1. The standard InChI is InChI=1S/C11H11BrO/c1-7(13)8-5-6-10-9(8)3-2-4-11(10)12/h2-4,8H,5-6H2,1H3. The Morgan fingerprint density at radius 1 is 1.54 bits per heavy atom. The van der Waals surface area contributed by atoms with Crippen LogP contribution < -0.4 is 0 Å². The molecule has 1 nitrogen and oxygen atoms in total. The van der Waals surface area contributed by atoms with E-state index in [-0.39, 0.29) is 11.7 Å². The summed E-state index contributed by atoms with van der Waals surface area (Å²) in [5, 5.41) is 0. The third-order valence-corrected chi connectivity index (χ3v) is 3.45. The van der Waals surface area contributed by atoms with Gasteiger partial charge in [-0.2, -0.15) is 0 Å². The van der Waals surface area contributed by atoms with Crippen molar-refractivity contribution in [2.45, 2.75) is 25.7 Å². The van der Waals surface area contributed by atoms with Gasteiger partial charge in [0.2, 0.25) is 0 Å². The Labute approximate surface area is 86.3 Å². The lowest BCUT2D eigenvalue weighted by Gasteiger charge is -2.06. The molecule has 68 valence electrons. The highest BCUT2D eigenvalue weighted by molar-refractivity contribution is 9.10. The van der Waals surface area contributed by atoms with E-state index in [2.05, 4.69) is 22.0 Å². The molecule has 2 heteroatoms. The van der Waals surface area contributed by atoms with E-state index >= 15 is 0 Å². The number of carbonyl (C=O) groups is 1. The molecular weight excluding hydrogens is 228 g/mol. The van der Waals surface area contributed by atoms with E-state index in [9.17, 15) is 4.79 Å². The van der Waals surface area contributed by atoms with E-state index in [0.29, 0.717) is 0 Å². The Bertz CT molecular complexity index is 357. The Morgan fingerprint density at radius 2 is 2.31 bits per heavy atom. The summed E-state index contributed by atoms with van der Waals surface area (Å²) < 4.78 is 1.15. The Balaban J connectivity index is 2.49. The second kappa shape index (κ2) is 3.26. The molecule has 1 aliphatic carbocycles. The molecule has 1 aromatic rings. The third-order valence-electron chi connectivity index (χ3n) is 2.70. The van der Waals surface area contributed by atoms with Crippen molar-refractivity contribution in [3.63, 3.8) is 0 Å².